The molecule has 0 aliphatic rings. The molecule has 158 valence electrons. The molecule has 2 rings (SSSR count). The Morgan fingerprint density at radius 2 is 1.72 bits per heavy atom. The van der Waals surface area contributed by atoms with Crippen molar-refractivity contribution < 1.29 is 31.1 Å². The van der Waals surface area contributed by atoms with Crippen molar-refractivity contribution in [2.75, 3.05) is 25.0 Å². The lowest BCUT2D eigenvalue weighted by Crippen LogP contribution is -2.30. The van der Waals surface area contributed by atoms with Gasteiger partial charge in [-0.15, -0.1) is 0 Å². The smallest absolute Gasteiger partial charge is 0.422 e. The number of rotatable bonds is 8. The molecule has 1 amide bonds. The second-order valence-corrected chi connectivity index (χ2v) is 7.79. The summed E-state index contributed by atoms with van der Waals surface area (Å²) < 4.78 is 67.0. The van der Waals surface area contributed by atoms with Gasteiger partial charge in [0, 0.05) is 31.0 Å². The minimum absolute atomic E-state index is 0.101. The molecule has 0 spiro atoms. The molecule has 1 heterocycles. The summed E-state index contributed by atoms with van der Waals surface area (Å²) in [5, 5.41) is 2.56. The molecular weight excluding hydrogens is 411 g/mol. The molecule has 0 aliphatic carbocycles. The van der Waals surface area contributed by atoms with Crippen molar-refractivity contribution in [2.24, 2.45) is 0 Å². The lowest BCUT2D eigenvalue weighted by atomic mass is 10.2. The molecular formula is C18H20F3N3O4S. The fourth-order valence-electron chi connectivity index (χ4n) is 2.38. The van der Waals surface area contributed by atoms with Crippen LogP contribution >= 0.6 is 0 Å². The van der Waals surface area contributed by atoms with Gasteiger partial charge in [-0.1, -0.05) is 13.8 Å². The number of aromatic nitrogens is 1. The van der Waals surface area contributed by atoms with Crippen molar-refractivity contribution >= 4 is 21.6 Å². The number of alkyl halides is 3. The largest absolute Gasteiger partial charge is 0.468 e. The topological polar surface area (TPSA) is 88.6 Å². The van der Waals surface area contributed by atoms with Crippen LogP contribution in [0.3, 0.4) is 0 Å². The number of hydrogen-bond acceptors (Lipinski definition) is 5. The van der Waals surface area contributed by atoms with Gasteiger partial charge in [0.2, 0.25) is 15.9 Å². The number of nitrogens with one attached hydrogen (secondary N) is 1. The number of amides is 1. The highest BCUT2D eigenvalue weighted by Gasteiger charge is 2.28. The average Bonchev–Trinajstić information content (AvgIpc) is 2.67. The fourth-order valence-corrected chi connectivity index (χ4v) is 3.84. The third kappa shape index (κ3) is 6.16. The molecule has 1 aromatic heterocycles. The number of ether oxygens (including phenoxy) is 1. The Labute approximate surface area is 166 Å². The fraction of sp³-hybridized carbons (Fsp3) is 0.333. The predicted molar refractivity (Wildman–Crippen MR) is 100 cm³/mol. The number of pyridine rings is 1. The molecule has 0 unspecified atom stereocenters. The second-order valence-electron chi connectivity index (χ2n) is 5.86. The van der Waals surface area contributed by atoms with Crippen molar-refractivity contribution in [2.45, 2.75) is 24.9 Å². The van der Waals surface area contributed by atoms with Crippen LogP contribution in [0.2, 0.25) is 0 Å². The predicted octanol–water partition coefficient (Wildman–Crippen LogP) is 3.31. The van der Waals surface area contributed by atoms with E-state index in [1.165, 1.54) is 34.6 Å². The molecule has 1 aromatic carbocycles. The Morgan fingerprint density at radius 1 is 1.10 bits per heavy atom. The minimum atomic E-state index is -4.48. The van der Waals surface area contributed by atoms with Crippen LogP contribution in [0.1, 0.15) is 24.2 Å². The lowest BCUT2D eigenvalue weighted by Gasteiger charge is -2.18. The highest BCUT2D eigenvalue weighted by molar-refractivity contribution is 7.89. The maximum Gasteiger partial charge on any atom is 0.422 e. The van der Waals surface area contributed by atoms with E-state index in [0.29, 0.717) is 18.8 Å². The Morgan fingerprint density at radius 3 is 2.21 bits per heavy atom. The molecule has 7 nitrogen and oxygen atoms in total. The van der Waals surface area contributed by atoms with Gasteiger partial charge >= 0.3 is 6.18 Å². The van der Waals surface area contributed by atoms with Gasteiger partial charge in [-0.2, -0.15) is 17.5 Å². The third-order valence-corrected chi connectivity index (χ3v) is 5.90. The molecule has 0 saturated heterocycles. The van der Waals surface area contributed by atoms with Crippen LogP contribution in [0.25, 0.3) is 0 Å². The van der Waals surface area contributed by atoms with Crippen molar-refractivity contribution in [3.63, 3.8) is 0 Å². The second kappa shape index (κ2) is 9.23. The highest BCUT2D eigenvalue weighted by atomic mass is 32.2. The van der Waals surface area contributed by atoms with E-state index in [1.54, 1.807) is 13.8 Å². The summed E-state index contributed by atoms with van der Waals surface area (Å²) in [4.78, 5) is 16.0. The maximum atomic E-state index is 12.4. The van der Waals surface area contributed by atoms with E-state index in [9.17, 15) is 26.4 Å². The van der Waals surface area contributed by atoms with Gasteiger partial charge in [-0.3, -0.25) is 4.79 Å². The SMILES string of the molecule is CCN(CC)S(=O)(=O)c1ccc(NC(=O)c2ccc(OCC(F)(F)F)nc2)cc1. The number of nitrogens with zero attached hydrogens (tertiary/aromatic N) is 2. The molecule has 0 saturated carbocycles. The summed E-state index contributed by atoms with van der Waals surface area (Å²) in [6, 6.07) is 8.09. The van der Waals surface area contributed by atoms with Crippen LogP contribution in [-0.2, 0) is 10.0 Å². The quantitative estimate of drug-likeness (QED) is 0.693. The molecule has 11 heteroatoms. The summed E-state index contributed by atoms with van der Waals surface area (Å²) in [5.41, 5.74) is 0.454. The number of carbonyl (C=O) groups is 1. The summed E-state index contributed by atoms with van der Waals surface area (Å²) in [6.45, 7) is 2.68. The number of hydrogen-bond donors (Lipinski definition) is 1. The number of anilines is 1. The van der Waals surface area contributed by atoms with Crippen molar-refractivity contribution in [3.8, 4) is 5.88 Å². The van der Waals surface area contributed by atoms with Gasteiger partial charge in [0.05, 0.1) is 10.5 Å². The molecule has 29 heavy (non-hydrogen) atoms. The van der Waals surface area contributed by atoms with E-state index < -0.39 is 28.7 Å². The summed E-state index contributed by atoms with van der Waals surface area (Å²) in [6.07, 6.45) is -3.40. The maximum absolute atomic E-state index is 12.4. The number of sulfonamides is 1. The first-order chi connectivity index (χ1) is 13.6. The minimum Gasteiger partial charge on any atom is -0.468 e. The summed E-state index contributed by atoms with van der Waals surface area (Å²) in [5.74, 6) is -0.816. The van der Waals surface area contributed by atoms with E-state index in [0.717, 1.165) is 12.3 Å². The molecule has 2 aromatic rings. The Kier molecular flexibility index (Phi) is 7.20. The standard InChI is InChI=1S/C18H20F3N3O4S/c1-3-24(4-2)29(26,27)15-8-6-14(7-9-15)23-17(25)13-5-10-16(22-11-13)28-12-18(19,20)21/h5-11H,3-4,12H2,1-2H3,(H,23,25). The average molecular weight is 431 g/mol. The highest BCUT2D eigenvalue weighted by Crippen LogP contribution is 2.20. The molecule has 0 aliphatic heterocycles. The Balaban J connectivity index is 2.04. The first-order valence-corrected chi connectivity index (χ1v) is 10.1. The monoisotopic (exact) mass is 431 g/mol. The van der Waals surface area contributed by atoms with Gasteiger partial charge in [-0.05, 0) is 30.3 Å². The number of benzene rings is 1. The first kappa shape index (κ1) is 22.6. The molecule has 1 N–H and O–H groups in total. The summed E-state index contributed by atoms with van der Waals surface area (Å²) >= 11 is 0. The summed E-state index contributed by atoms with van der Waals surface area (Å²) in [7, 11) is -3.60. The van der Waals surface area contributed by atoms with Gasteiger partial charge in [-0.25, -0.2) is 13.4 Å². The van der Waals surface area contributed by atoms with E-state index >= 15 is 0 Å². The third-order valence-electron chi connectivity index (χ3n) is 3.84. The van der Waals surface area contributed by atoms with Crippen molar-refractivity contribution in [1.82, 2.24) is 9.29 Å². The Bertz CT molecular complexity index is 926. The first-order valence-electron chi connectivity index (χ1n) is 8.64. The van der Waals surface area contributed by atoms with Crippen molar-refractivity contribution in [1.29, 1.82) is 0 Å². The van der Waals surface area contributed by atoms with E-state index in [4.69, 9.17) is 0 Å². The van der Waals surface area contributed by atoms with E-state index in [1.807, 2.05) is 0 Å². The molecule has 0 bridgehead atoms. The molecule has 0 radical (unpaired) electrons. The van der Waals surface area contributed by atoms with Crippen LogP contribution in [-0.4, -0.2) is 49.5 Å². The van der Waals surface area contributed by atoms with E-state index in [-0.39, 0.29) is 16.3 Å². The van der Waals surface area contributed by atoms with Gasteiger partial charge in [0.1, 0.15) is 0 Å². The lowest BCUT2D eigenvalue weighted by molar-refractivity contribution is -0.154. The van der Waals surface area contributed by atoms with Crippen LogP contribution in [0.5, 0.6) is 5.88 Å². The number of halogens is 3. The van der Waals surface area contributed by atoms with Crippen LogP contribution in [0.4, 0.5) is 18.9 Å². The van der Waals surface area contributed by atoms with Gasteiger partial charge in [0.15, 0.2) is 6.61 Å². The molecule has 0 atom stereocenters. The van der Waals surface area contributed by atoms with E-state index in [2.05, 4.69) is 15.0 Å². The zero-order valence-corrected chi connectivity index (χ0v) is 16.5. The van der Waals surface area contributed by atoms with Crippen LogP contribution in [0.15, 0.2) is 47.5 Å². The number of carbonyl (C=O) groups excluding carboxylic acids is 1. The van der Waals surface area contributed by atoms with Crippen molar-refractivity contribution in [3.05, 3.63) is 48.2 Å². The van der Waals surface area contributed by atoms with Crippen LogP contribution in [0, 0.1) is 0 Å². The zero-order valence-electron chi connectivity index (χ0n) is 15.7. The van der Waals surface area contributed by atoms with Crippen LogP contribution < -0.4 is 10.1 Å². The zero-order chi connectivity index (χ0) is 21.7. The van der Waals surface area contributed by atoms with Gasteiger partial charge in [0.25, 0.3) is 5.91 Å². The normalized spacial score (nSPS) is 12.1. The molecule has 0 fully saturated rings. The van der Waals surface area contributed by atoms with Gasteiger partial charge < -0.3 is 10.1 Å². The Hall–Kier alpha value is -2.66.